The molecule has 1 saturated heterocycles. The molecule has 160 valence electrons. The summed E-state index contributed by atoms with van der Waals surface area (Å²) < 4.78 is 7.08. The van der Waals surface area contributed by atoms with Crippen molar-refractivity contribution in [1.82, 2.24) is 25.0 Å². The number of piperidine rings is 1. The van der Waals surface area contributed by atoms with Crippen LogP contribution >= 0.6 is 0 Å². The average molecular weight is 419 g/mol. The van der Waals surface area contributed by atoms with Gasteiger partial charge in [0, 0.05) is 49.4 Å². The second-order valence-corrected chi connectivity index (χ2v) is 8.23. The Bertz CT molecular complexity index is 1120. The van der Waals surface area contributed by atoms with Gasteiger partial charge in [0.05, 0.1) is 18.5 Å². The summed E-state index contributed by atoms with van der Waals surface area (Å²) in [6.07, 6.45) is 8.28. The molecule has 3 atom stereocenters. The Balaban J connectivity index is 1.37. The van der Waals surface area contributed by atoms with Crippen LogP contribution < -0.4 is 10.9 Å². The van der Waals surface area contributed by atoms with Gasteiger partial charge in [-0.3, -0.25) is 24.2 Å². The molecule has 8 nitrogen and oxygen atoms in total. The van der Waals surface area contributed by atoms with Crippen molar-refractivity contribution in [3.05, 3.63) is 82.4 Å². The van der Waals surface area contributed by atoms with Gasteiger partial charge in [-0.2, -0.15) is 5.10 Å². The largest absolute Gasteiger partial charge is 0.465 e. The van der Waals surface area contributed by atoms with Gasteiger partial charge in [0.1, 0.15) is 11.8 Å². The summed E-state index contributed by atoms with van der Waals surface area (Å²) >= 11 is 0. The summed E-state index contributed by atoms with van der Waals surface area (Å²) in [5.41, 5.74) is 1.67. The smallest absolute Gasteiger partial charge is 0.251 e. The number of aromatic amines is 1. The molecule has 2 bridgehead atoms. The molecule has 1 amide bonds. The van der Waals surface area contributed by atoms with Gasteiger partial charge in [0.15, 0.2) is 0 Å². The molecule has 0 unspecified atom stereocenters. The van der Waals surface area contributed by atoms with E-state index in [2.05, 4.69) is 26.5 Å². The first-order valence-corrected chi connectivity index (χ1v) is 10.6. The number of likely N-dealkylation sites (tertiary alicyclic amines) is 1. The summed E-state index contributed by atoms with van der Waals surface area (Å²) in [7, 11) is 0. The van der Waals surface area contributed by atoms with Crippen LogP contribution in [0.25, 0.3) is 6.08 Å². The van der Waals surface area contributed by atoms with Crippen LogP contribution in [0.15, 0.2) is 64.1 Å². The molecule has 2 aliphatic heterocycles. The van der Waals surface area contributed by atoms with Crippen LogP contribution in [0.3, 0.4) is 0 Å². The van der Waals surface area contributed by atoms with Crippen LogP contribution in [0.1, 0.15) is 35.5 Å². The topological polar surface area (TPSA) is 96.2 Å². The fourth-order valence-electron chi connectivity index (χ4n) is 4.89. The Morgan fingerprint density at radius 1 is 1.26 bits per heavy atom. The number of nitrogens with zero attached hydrogens (tertiary/aromatic N) is 3. The molecule has 2 aliphatic rings. The standard InChI is InChI=1S/C23H25N5O3/c29-21-7-1-6-20-16-12-17(15-27(14-16)10-2-4-19-5-3-11-31-19)22(28(20)21)23(30)24-13-18-8-9-25-26-18/h1-9,11,16-17,22H,10,12-15H2,(H,24,30)(H,25,26)/b4-2+/t16-,17+,22-/m1/s1. The summed E-state index contributed by atoms with van der Waals surface area (Å²) in [4.78, 5) is 28.3. The van der Waals surface area contributed by atoms with Crippen molar-refractivity contribution in [2.75, 3.05) is 19.6 Å². The SMILES string of the molecule is O=C(NCc1ccn[nH]1)[C@H]1[C@H]2C[C@H](CN(C/C=C/c3ccco3)C2)c2cccc(=O)n21. The van der Waals surface area contributed by atoms with Crippen molar-refractivity contribution in [2.45, 2.75) is 24.9 Å². The molecule has 31 heavy (non-hydrogen) atoms. The van der Waals surface area contributed by atoms with Gasteiger partial charge >= 0.3 is 0 Å². The Morgan fingerprint density at radius 2 is 2.19 bits per heavy atom. The van der Waals surface area contributed by atoms with Crippen LogP contribution in [0.4, 0.5) is 0 Å². The minimum atomic E-state index is -0.514. The molecule has 0 aromatic carbocycles. The van der Waals surface area contributed by atoms with E-state index < -0.39 is 6.04 Å². The number of aromatic nitrogens is 3. The van der Waals surface area contributed by atoms with E-state index in [1.54, 1.807) is 29.2 Å². The third-order valence-electron chi connectivity index (χ3n) is 6.19. The quantitative estimate of drug-likeness (QED) is 0.638. The van der Waals surface area contributed by atoms with E-state index in [0.717, 1.165) is 43.2 Å². The zero-order valence-electron chi connectivity index (χ0n) is 17.1. The fourth-order valence-corrected chi connectivity index (χ4v) is 4.89. The van der Waals surface area contributed by atoms with Crippen LogP contribution in [0.2, 0.25) is 0 Å². The molecule has 3 aromatic rings. The minimum Gasteiger partial charge on any atom is -0.465 e. The van der Waals surface area contributed by atoms with Crippen molar-refractivity contribution < 1.29 is 9.21 Å². The zero-order chi connectivity index (χ0) is 21.2. The fraction of sp³-hybridized carbons (Fsp3) is 0.348. The first-order chi connectivity index (χ1) is 15.2. The highest BCUT2D eigenvalue weighted by Crippen LogP contribution is 2.41. The Morgan fingerprint density at radius 3 is 3.00 bits per heavy atom. The van der Waals surface area contributed by atoms with Crippen LogP contribution in [-0.2, 0) is 11.3 Å². The highest BCUT2D eigenvalue weighted by atomic mass is 16.3. The summed E-state index contributed by atoms with van der Waals surface area (Å²) in [5.74, 6) is 1.01. The monoisotopic (exact) mass is 419 g/mol. The molecule has 5 rings (SSSR count). The van der Waals surface area contributed by atoms with Crippen LogP contribution in [0.5, 0.6) is 0 Å². The number of carbonyl (C=O) groups is 1. The molecular weight excluding hydrogens is 394 g/mol. The lowest BCUT2D eigenvalue weighted by atomic mass is 9.78. The lowest BCUT2D eigenvalue weighted by Gasteiger charge is -2.46. The van der Waals surface area contributed by atoms with E-state index in [1.165, 1.54) is 0 Å². The number of amides is 1. The van der Waals surface area contributed by atoms with Crippen molar-refractivity contribution in [3.63, 3.8) is 0 Å². The second kappa shape index (κ2) is 8.39. The number of fused-ring (bicyclic) bond motifs is 4. The predicted molar refractivity (Wildman–Crippen MR) is 115 cm³/mol. The van der Waals surface area contributed by atoms with Gasteiger partial charge in [-0.25, -0.2) is 0 Å². The maximum atomic E-state index is 13.2. The Labute approximate surface area is 179 Å². The Kier molecular flexibility index (Phi) is 5.30. The van der Waals surface area contributed by atoms with Gasteiger partial charge < -0.3 is 9.73 Å². The van der Waals surface area contributed by atoms with Gasteiger partial charge in [0.2, 0.25) is 5.91 Å². The van der Waals surface area contributed by atoms with Crippen LogP contribution in [-0.4, -0.2) is 45.2 Å². The molecule has 2 N–H and O–H groups in total. The molecule has 0 aliphatic carbocycles. The number of H-pyrrole nitrogens is 1. The van der Waals surface area contributed by atoms with E-state index >= 15 is 0 Å². The number of rotatable bonds is 6. The summed E-state index contributed by atoms with van der Waals surface area (Å²) in [6, 6.07) is 10.4. The van der Waals surface area contributed by atoms with Gasteiger partial charge in [0.25, 0.3) is 5.56 Å². The predicted octanol–water partition coefficient (Wildman–Crippen LogP) is 2.15. The molecule has 1 fully saturated rings. The first-order valence-electron chi connectivity index (χ1n) is 10.6. The molecule has 5 heterocycles. The van der Waals surface area contributed by atoms with Crippen molar-refractivity contribution in [2.24, 2.45) is 5.92 Å². The lowest BCUT2D eigenvalue weighted by molar-refractivity contribution is -0.127. The van der Waals surface area contributed by atoms with Crippen molar-refractivity contribution in [1.29, 1.82) is 0 Å². The van der Waals surface area contributed by atoms with E-state index in [4.69, 9.17) is 4.42 Å². The minimum absolute atomic E-state index is 0.0742. The molecule has 8 heteroatoms. The Hall–Kier alpha value is -3.39. The van der Waals surface area contributed by atoms with E-state index in [-0.39, 0.29) is 23.3 Å². The highest BCUT2D eigenvalue weighted by Gasteiger charge is 2.43. The zero-order valence-corrected chi connectivity index (χ0v) is 17.1. The van der Waals surface area contributed by atoms with Gasteiger partial charge in [-0.05, 0) is 36.8 Å². The molecular formula is C23H25N5O3. The molecule has 0 radical (unpaired) electrons. The normalized spacial score (nSPS) is 23.0. The third-order valence-corrected chi connectivity index (χ3v) is 6.19. The maximum absolute atomic E-state index is 13.2. The van der Waals surface area contributed by atoms with Crippen LogP contribution in [0, 0.1) is 5.92 Å². The van der Waals surface area contributed by atoms with Crippen molar-refractivity contribution >= 4 is 12.0 Å². The first kappa shape index (κ1) is 19.6. The number of hydrogen-bond acceptors (Lipinski definition) is 5. The molecule has 3 aromatic heterocycles. The second-order valence-electron chi connectivity index (χ2n) is 8.23. The number of hydrogen-bond donors (Lipinski definition) is 2. The van der Waals surface area contributed by atoms with Gasteiger partial charge in [-0.1, -0.05) is 12.1 Å². The maximum Gasteiger partial charge on any atom is 0.251 e. The highest BCUT2D eigenvalue weighted by molar-refractivity contribution is 5.81. The van der Waals surface area contributed by atoms with Crippen molar-refractivity contribution in [3.8, 4) is 0 Å². The average Bonchev–Trinajstić information content (AvgIpc) is 3.47. The molecule has 0 saturated carbocycles. The number of pyridine rings is 1. The number of furan rings is 1. The molecule has 0 spiro atoms. The van der Waals surface area contributed by atoms with E-state index in [1.807, 2.05) is 30.3 Å². The number of carbonyl (C=O) groups excluding carboxylic acids is 1. The van der Waals surface area contributed by atoms with E-state index in [0.29, 0.717) is 6.54 Å². The number of nitrogens with one attached hydrogen (secondary N) is 2. The lowest BCUT2D eigenvalue weighted by Crippen LogP contribution is -2.53. The summed E-state index contributed by atoms with van der Waals surface area (Å²) in [6.45, 7) is 2.76. The summed E-state index contributed by atoms with van der Waals surface area (Å²) in [5, 5.41) is 9.76. The third kappa shape index (κ3) is 3.98. The van der Waals surface area contributed by atoms with Gasteiger partial charge in [-0.15, -0.1) is 0 Å². The van der Waals surface area contributed by atoms with E-state index in [9.17, 15) is 9.59 Å².